The molecule has 2 N–H and O–H groups in total. The smallest absolute Gasteiger partial charge is 0.303 e. The molecule has 0 bridgehead atoms. The second-order valence-electron chi connectivity index (χ2n) is 5.86. The van der Waals surface area contributed by atoms with Crippen molar-refractivity contribution >= 4 is 11.9 Å². The Morgan fingerprint density at radius 2 is 1.67 bits per heavy atom. The first-order valence-electron chi connectivity index (χ1n) is 7.14. The van der Waals surface area contributed by atoms with Gasteiger partial charge in [-0.05, 0) is 50.4 Å². The van der Waals surface area contributed by atoms with E-state index >= 15 is 0 Å². The number of carbonyl (C=O) groups is 2. The van der Waals surface area contributed by atoms with E-state index in [1.54, 1.807) is 0 Å². The van der Waals surface area contributed by atoms with Crippen molar-refractivity contribution < 1.29 is 14.7 Å². The molecule has 102 valence electrons. The predicted octanol–water partition coefficient (Wildman–Crippen LogP) is 2.18. The average Bonchev–Trinajstić information content (AvgIpc) is 2.27. The fourth-order valence-electron chi connectivity index (χ4n) is 2.96. The zero-order valence-electron chi connectivity index (χ0n) is 10.9. The number of nitrogens with one attached hydrogen (secondary N) is 1. The minimum atomic E-state index is -0.715. The fraction of sp³-hybridized carbons (Fsp3) is 0.857. The van der Waals surface area contributed by atoms with Crippen LogP contribution in [0.15, 0.2) is 0 Å². The topological polar surface area (TPSA) is 66.4 Å². The number of hydrogen-bond acceptors (Lipinski definition) is 2. The van der Waals surface area contributed by atoms with E-state index in [1.165, 1.54) is 19.3 Å². The normalized spacial score (nSPS) is 28.4. The van der Waals surface area contributed by atoms with Crippen molar-refractivity contribution in [2.24, 2.45) is 17.8 Å². The number of carboxylic acids is 1. The van der Waals surface area contributed by atoms with Gasteiger partial charge in [-0.25, -0.2) is 0 Å². The third-order valence-electron chi connectivity index (χ3n) is 4.47. The van der Waals surface area contributed by atoms with E-state index < -0.39 is 5.97 Å². The lowest BCUT2D eigenvalue weighted by Gasteiger charge is -2.29. The van der Waals surface area contributed by atoms with Crippen LogP contribution in [0.3, 0.4) is 0 Å². The SMILES string of the molecule is O=C(O)CC1CCC(C(=O)NCC2CCC2)CC1. The van der Waals surface area contributed by atoms with Crippen molar-refractivity contribution in [1.29, 1.82) is 0 Å². The van der Waals surface area contributed by atoms with Crippen LogP contribution >= 0.6 is 0 Å². The highest BCUT2D eigenvalue weighted by molar-refractivity contribution is 5.78. The van der Waals surface area contributed by atoms with E-state index in [-0.39, 0.29) is 24.2 Å². The van der Waals surface area contributed by atoms with Gasteiger partial charge in [-0.2, -0.15) is 0 Å². The van der Waals surface area contributed by atoms with Crippen LogP contribution in [0.2, 0.25) is 0 Å². The number of aliphatic carboxylic acids is 1. The van der Waals surface area contributed by atoms with Crippen LogP contribution in [0.1, 0.15) is 51.4 Å². The van der Waals surface area contributed by atoms with Crippen LogP contribution in [0.5, 0.6) is 0 Å². The molecular weight excluding hydrogens is 230 g/mol. The molecule has 0 radical (unpaired) electrons. The van der Waals surface area contributed by atoms with Gasteiger partial charge < -0.3 is 10.4 Å². The second-order valence-corrected chi connectivity index (χ2v) is 5.86. The summed E-state index contributed by atoms with van der Waals surface area (Å²) in [5, 5.41) is 11.8. The van der Waals surface area contributed by atoms with Gasteiger partial charge in [-0.15, -0.1) is 0 Å². The van der Waals surface area contributed by atoms with Gasteiger partial charge in [-0.3, -0.25) is 9.59 Å². The molecule has 18 heavy (non-hydrogen) atoms. The molecular formula is C14H23NO3. The molecule has 2 fully saturated rings. The van der Waals surface area contributed by atoms with Gasteiger partial charge in [0.15, 0.2) is 0 Å². The van der Waals surface area contributed by atoms with Crippen LogP contribution in [-0.2, 0) is 9.59 Å². The van der Waals surface area contributed by atoms with E-state index in [2.05, 4.69) is 5.32 Å². The second kappa shape index (κ2) is 6.21. The minimum absolute atomic E-state index is 0.120. The maximum Gasteiger partial charge on any atom is 0.303 e. The third-order valence-corrected chi connectivity index (χ3v) is 4.47. The molecule has 0 spiro atoms. The van der Waals surface area contributed by atoms with Gasteiger partial charge in [0, 0.05) is 18.9 Å². The molecule has 4 heteroatoms. The highest BCUT2D eigenvalue weighted by Crippen LogP contribution is 2.31. The van der Waals surface area contributed by atoms with Crippen molar-refractivity contribution in [3.63, 3.8) is 0 Å². The molecule has 4 nitrogen and oxygen atoms in total. The Morgan fingerprint density at radius 3 is 2.17 bits per heavy atom. The molecule has 0 unspecified atom stereocenters. The Labute approximate surface area is 108 Å². The van der Waals surface area contributed by atoms with Crippen molar-refractivity contribution in [2.75, 3.05) is 6.54 Å². The number of carbonyl (C=O) groups excluding carboxylic acids is 1. The molecule has 2 saturated carbocycles. The van der Waals surface area contributed by atoms with Crippen LogP contribution in [0.4, 0.5) is 0 Å². The van der Waals surface area contributed by atoms with Crippen molar-refractivity contribution in [3.05, 3.63) is 0 Å². The molecule has 0 atom stereocenters. The van der Waals surface area contributed by atoms with E-state index in [0.717, 1.165) is 32.2 Å². The summed E-state index contributed by atoms with van der Waals surface area (Å²) in [4.78, 5) is 22.6. The first kappa shape index (κ1) is 13.4. The maximum atomic E-state index is 11.9. The number of carboxylic acid groups (broad SMARTS) is 1. The minimum Gasteiger partial charge on any atom is -0.481 e. The summed E-state index contributed by atoms with van der Waals surface area (Å²) in [6.45, 7) is 0.841. The molecule has 0 aromatic heterocycles. The number of rotatable bonds is 5. The standard InChI is InChI=1S/C14H23NO3/c16-13(17)8-10-4-6-12(7-5-10)14(18)15-9-11-2-1-3-11/h10-12H,1-9H2,(H,15,18)(H,16,17). The molecule has 0 saturated heterocycles. The summed E-state index contributed by atoms with van der Waals surface area (Å²) in [5.41, 5.74) is 0. The van der Waals surface area contributed by atoms with E-state index in [4.69, 9.17) is 5.11 Å². The quantitative estimate of drug-likeness (QED) is 0.789. The third kappa shape index (κ3) is 3.72. The summed E-state index contributed by atoms with van der Waals surface area (Å²) in [5.74, 6) is 0.578. The van der Waals surface area contributed by atoms with Crippen LogP contribution in [-0.4, -0.2) is 23.5 Å². The van der Waals surface area contributed by atoms with E-state index in [1.807, 2.05) is 0 Å². The van der Waals surface area contributed by atoms with Gasteiger partial charge in [0.05, 0.1) is 0 Å². The van der Waals surface area contributed by atoms with Crippen molar-refractivity contribution in [1.82, 2.24) is 5.32 Å². The molecule has 0 aromatic carbocycles. The Bertz CT molecular complexity index is 304. The summed E-state index contributed by atoms with van der Waals surface area (Å²) < 4.78 is 0. The Hall–Kier alpha value is -1.06. The number of hydrogen-bond donors (Lipinski definition) is 2. The van der Waals surface area contributed by atoms with Gasteiger partial charge >= 0.3 is 5.97 Å². The molecule has 2 aliphatic carbocycles. The van der Waals surface area contributed by atoms with Gasteiger partial charge in [0.25, 0.3) is 0 Å². The zero-order valence-corrected chi connectivity index (χ0v) is 10.9. The van der Waals surface area contributed by atoms with E-state index in [9.17, 15) is 9.59 Å². The molecule has 0 aromatic rings. The highest BCUT2D eigenvalue weighted by Gasteiger charge is 2.28. The molecule has 2 rings (SSSR count). The monoisotopic (exact) mass is 253 g/mol. The average molecular weight is 253 g/mol. The van der Waals surface area contributed by atoms with Crippen LogP contribution in [0.25, 0.3) is 0 Å². The summed E-state index contributed by atoms with van der Waals surface area (Å²) in [6.07, 6.45) is 7.55. The Balaban J connectivity index is 1.65. The molecule has 0 aliphatic heterocycles. The Morgan fingerprint density at radius 1 is 1.00 bits per heavy atom. The fourth-order valence-corrected chi connectivity index (χ4v) is 2.96. The molecule has 0 heterocycles. The predicted molar refractivity (Wildman–Crippen MR) is 68.1 cm³/mol. The largest absolute Gasteiger partial charge is 0.481 e. The van der Waals surface area contributed by atoms with Crippen molar-refractivity contribution in [3.8, 4) is 0 Å². The van der Waals surface area contributed by atoms with Crippen molar-refractivity contribution in [2.45, 2.75) is 51.4 Å². The summed E-state index contributed by atoms with van der Waals surface area (Å²) in [6, 6.07) is 0. The zero-order chi connectivity index (χ0) is 13.0. The van der Waals surface area contributed by atoms with Gasteiger partial charge in [0.1, 0.15) is 0 Å². The first-order chi connectivity index (χ1) is 8.65. The highest BCUT2D eigenvalue weighted by atomic mass is 16.4. The lowest BCUT2D eigenvalue weighted by molar-refractivity contribution is -0.138. The van der Waals surface area contributed by atoms with Gasteiger partial charge in [0.2, 0.25) is 5.91 Å². The van der Waals surface area contributed by atoms with Crippen LogP contribution in [0, 0.1) is 17.8 Å². The maximum absolute atomic E-state index is 11.9. The summed E-state index contributed by atoms with van der Waals surface area (Å²) >= 11 is 0. The van der Waals surface area contributed by atoms with E-state index in [0.29, 0.717) is 5.92 Å². The summed E-state index contributed by atoms with van der Waals surface area (Å²) in [7, 11) is 0. The van der Waals surface area contributed by atoms with Crippen LogP contribution < -0.4 is 5.32 Å². The molecule has 2 aliphatic rings. The number of amides is 1. The lowest BCUT2D eigenvalue weighted by atomic mass is 9.80. The molecule has 1 amide bonds. The Kier molecular flexibility index (Phi) is 4.61. The first-order valence-corrected chi connectivity index (χ1v) is 7.14. The lowest BCUT2D eigenvalue weighted by Crippen LogP contribution is -2.37. The van der Waals surface area contributed by atoms with Gasteiger partial charge in [-0.1, -0.05) is 6.42 Å².